The Morgan fingerprint density at radius 1 is 1.10 bits per heavy atom. The Hall–Kier alpha value is -1.77. The van der Waals surface area contributed by atoms with Gasteiger partial charge >= 0.3 is 0 Å². The monoisotopic (exact) mass is 271 g/mol. The summed E-state index contributed by atoms with van der Waals surface area (Å²) < 4.78 is 2.14. The lowest BCUT2D eigenvalue weighted by Crippen LogP contribution is -2.09. The molecule has 3 nitrogen and oxygen atoms in total. The summed E-state index contributed by atoms with van der Waals surface area (Å²) in [6.07, 6.45) is 0.895. The van der Waals surface area contributed by atoms with E-state index >= 15 is 0 Å². The van der Waals surface area contributed by atoms with Crippen molar-refractivity contribution in [2.45, 2.75) is 54.0 Å². The average molecular weight is 271 g/mol. The molecule has 1 aromatic carbocycles. The van der Waals surface area contributed by atoms with Gasteiger partial charge in [-0.25, -0.2) is 4.98 Å². The molecule has 108 valence electrons. The van der Waals surface area contributed by atoms with Crippen molar-refractivity contribution in [1.29, 1.82) is 0 Å². The summed E-state index contributed by atoms with van der Waals surface area (Å²) in [7, 11) is 0. The van der Waals surface area contributed by atoms with Crippen LogP contribution in [-0.2, 0) is 6.42 Å². The molecular weight excluding hydrogens is 246 g/mol. The van der Waals surface area contributed by atoms with Crippen LogP contribution in [0, 0.1) is 20.8 Å². The number of nitrogen functional groups attached to an aromatic ring is 1. The first-order chi connectivity index (χ1) is 9.36. The first kappa shape index (κ1) is 14.6. The molecular formula is C17H25N3. The number of nitrogens with two attached hydrogens (primary N) is 1. The molecule has 0 bridgehead atoms. The van der Waals surface area contributed by atoms with Gasteiger partial charge in [-0.05, 0) is 57.4 Å². The fourth-order valence-electron chi connectivity index (χ4n) is 2.73. The van der Waals surface area contributed by atoms with E-state index in [9.17, 15) is 0 Å². The Kier molecular flexibility index (Phi) is 3.89. The van der Waals surface area contributed by atoms with E-state index in [2.05, 4.69) is 58.2 Å². The largest absolute Gasteiger partial charge is 0.383 e. The predicted octanol–water partition coefficient (Wildman–Crippen LogP) is 4.20. The standard InChI is InChI=1S/C17H25N3/c1-7-15-19-16(17(18)20(15)10(2)3)14-9-12(5)11(4)8-13(14)6/h8-10H,7,18H2,1-6H3. The lowest BCUT2D eigenvalue weighted by molar-refractivity contribution is 0.579. The van der Waals surface area contributed by atoms with Crippen LogP contribution in [0.4, 0.5) is 5.82 Å². The van der Waals surface area contributed by atoms with Gasteiger partial charge in [-0.2, -0.15) is 0 Å². The van der Waals surface area contributed by atoms with Gasteiger partial charge in [0.1, 0.15) is 17.3 Å². The average Bonchev–Trinajstić information content (AvgIpc) is 2.71. The van der Waals surface area contributed by atoms with Gasteiger partial charge in [-0.15, -0.1) is 0 Å². The molecule has 0 spiro atoms. The number of anilines is 1. The van der Waals surface area contributed by atoms with Crippen molar-refractivity contribution in [3.63, 3.8) is 0 Å². The van der Waals surface area contributed by atoms with Gasteiger partial charge < -0.3 is 10.3 Å². The molecule has 3 heteroatoms. The molecule has 0 unspecified atom stereocenters. The van der Waals surface area contributed by atoms with Crippen molar-refractivity contribution < 1.29 is 0 Å². The second-order valence-corrected chi connectivity index (χ2v) is 5.83. The summed E-state index contributed by atoms with van der Waals surface area (Å²) in [5.74, 6) is 1.84. The molecule has 2 N–H and O–H groups in total. The smallest absolute Gasteiger partial charge is 0.131 e. The fourth-order valence-corrected chi connectivity index (χ4v) is 2.73. The highest BCUT2D eigenvalue weighted by Gasteiger charge is 2.18. The molecule has 2 aromatic rings. The highest BCUT2D eigenvalue weighted by atomic mass is 15.2. The Labute approximate surface area is 121 Å². The summed E-state index contributed by atoms with van der Waals surface area (Å²) in [6.45, 7) is 12.8. The van der Waals surface area contributed by atoms with Crippen molar-refractivity contribution in [3.05, 3.63) is 34.6 Å². The van der Waals surface area contributed by atoms with E-state index in [0.717, 1.165) is 29.3 Å². The maximum Gasteiger partial charge on any atom is 0.131 e. The minimum absolute atomic E-state index is 0.332. The number of hydrogen-bond donors (Lipinski definition) is 1. The van der Waals surface area contributed by atoms with E-state index in [4.69, 9.17) is 10.7 Å². The minimum Gasteiger partial charge on any atom is -0.383 e. The Balaban J connectivity index is 2.68. The second-order valence-electron chi connectivity index (χ2n) is 5.83. The molecule has 0 aliphatic carbocycles. The first-order valence-corrected chi connectivity index (χ1v) is 7.31. The van der Waals surface area contributed by atoms with Crippen LogP contribution in [0.25, 0.3) is 11.3 Å². The van der Waals surface area contributed by atoms with Crippen LogP contribution in [0.3, 0.4) is 0 Å². The van der Waals surface area contributed by atoms with Crippen molar-refractivity contribution in [1.82, 2.24) is 9.55 Å². The van der Waals surface area contributed by atoms with Gasteiger partial charge in [0, 0.05) is 18.0 Å². The number of benzene rings is 1. The van der Waals surface area contributed by atoms with Gasteiger partial charge in [0.15, 0.2) is 0 Å². The normalized spacial score (nSPS) is 11.3. The third-order valence-corrected chi connectivity index (χ3v) is 3.95. The van der Waals surface area contributed by atoms with E-state index in [1.54, 1.807) is 0 Å². The van der Waals surface area contributed by atoms with Crippen molar-refractivity contribution >= 4 is 5.82 Å². The van der Waals surface area contributed by atoms with Gasteiger partial charge in [0.25, 0.3) is 0 Å². The molecule has 0 radical (unpaired) electrons. The molecule has 0 saturated carbocycles. The third-order valence-electron chi connectivity index (χ3n) is 3.95. The van der Waals surface area contributed by atoms with Crippen molar-refractivity contribution in [3.8, 4) is 11.3 Å². The SMILES string of the molecule is CCc1nc(-c2cc(C)c(C)cc2C)c(N)n1C(C)C. The summed E-state index contributed by atoms with van der Waals surface area (Å²) in [5.41, 5.74) is 12.3. The molecule has 1 heterocycles. The van der Waals surface area contributed by atoms with E-state index < -0.39 is 0 Å². The quantitative estimate of drug-likeness (QED) is 0.909. The van der Waals surface area contributed by atoms with Crippen LogP contribution in [0.15, 0.2) is 12.1 Å². The topological polar surface area (TPSA) is 43.8 Å². The van der Waals surface area contributed by atoms with Gasteiger partial charge in [-0.1, -0.05) is 13.0 Å². The van der Waals surface area contributed by atoms with E-state index in [0.29, 0.717) is 6.04 Å². The van der Waals surface area contributed by atoms with Gasteiger partial charge in [0.05, 0.1) is 0 Å². The predicted molar refractivity (Wildman–Crippen MR) is 86.0 cm³/mol. The Bertz CT molecular complexity index is 636. The summed E-state index contributed by atoms with van der Waals surface area (Å²) in [4.78, 5) is 4.79. The molecule has 0 saturated heterocycles. The molecule has 20 heavy (non-hydrogen) atoms. The number of aromatic nitrogens is 2. The molecule has 2 rings (SSSR count). The highest BCUT2D eigenvalue weighted by Crippen LogP contribution is 2.32. The number of imidazole rings is 1. The maximum atomic E-state index is 6.37. The number of aryl methyl sites for hydroxylation is 4. The molecule has 0 fully saturated rings. The lowest BCUT2D eigenvalue weighted by Gasteiger charge is -2.13. The van der Waals surface area contributed by atoms with Crippen LogP contribution in [0.5, 0.6) is 0 Å². The molecule has 1 aromatic heterocycles. The molecule has 0 aliphatic rings. The zero-order valence-electron chi connectivity index (χ0n) is 13.4. The zero-order valence-corrected chi connectivity index (χ0v) is 13.4. The van der Waals surface area contributed by atoms with Crippen molar-refractivity contribution in [2.75, 3.05) is 5.73 Å². The number of nitrogens with zero attached hydrogens (tertiary/aromatic N) is 2. The summed E-state index contributed by atoms with van der Waals surface area (Å²) >= 11 is 0. The highest BCUT2D eigenvalue weighted by molar-refractivity contribution is 5.74. The molecule has 0 aliphatic heterocycles. The van der Waals surface area contributed by atoms with Crippen LogP contribution in [-0.4, -0.2) is 9.55 Å². The number of rotatable bonds is 3. The molecule has 0 atom stereocenters. The minimum atomic E-state index is 0.332. The maximum absolute atomic E-state index is 6.37. The second kappa shape index (κ2) is 5.31. The van der Waals surface area contributed by atoms with Gasteiger partial charge in [-0.3, -0.25) is 0 Å². The van der Waals surface area contributed by atoms with Crippen LogP contribution in [0.1, 0.15) is 49.3 Å². The summed E-state index contributed by atoms with van der Waals surface area (Å²) in [6, 6.07) is 4.75. The van der Waals surface area contributed by atoms with Crippen molar-refractivity contribution in [2.24, 2.45) is 0 Å². The van der Waals surface area contributed by atoms with E-state index in [1.165, 1.54) is 16.7 Å². The zero-order chi connectivity index (χ0) is 15.0. The first-order valence-electron chi connectivity index (χ1n) is 7.31. The van der Waals surface area contributed by atoms with Crippen LogP contribution in [0.2, 0.25) is 0 Å². The Morgan fingerprint density at radius 2 is 1.70 bits per heavy atom. The van der Waals surface area contributed by atoms with E-state index in [1.807, 2.05) is 0 Å². The lowest BCUT2D eigenvalue weighted by atomic mass is 9.99. The fraction of sp³-hybridized carbons (Fsp3) is 0.471. The van der Waals surface area contributed by atoms with Crippen LogP contribution >= 0.6 is 0 Å². The Morgan fingerprint density at radius 3 is 2.20 bits per heavy atom. The van der Waals surface area contributed by atoms with E-state index in [-0.39, 0.29) is 0 Å². The number of hydrogen-bond acceptors (Lipinski definition) is 2. The molecule has 0 amide bonds. The third kappa shape index (κ3) is 2.33. The van der Waals surface area contributed by atoms with Gasteiger partial charge in [0.2, 0.25) is 0 Å². The van der Waals surface area contributed by atoms with Crippen LogP contribution < -0.4 is 5.73 Å². The summed E-state index contributed by atoms with van der Waals surface area (Å²) in [5, 5.41) is 0.